The van der Waals surface area contributed by atoms with Crippen LogP contribution in [0.25, 0.3) is 0 Å². The average Bonchev–Trinajstić information content (AvgIpc) is 2.70. The molecule has 2 rings (SSSR count). The number of rotatable bonds is 2. The lowest BCUT2D eigenvalue weighted by molar-refractivity contribution is -0.0629. The Balaban J connectivity index is 2.07. The zero-order valence-corrected chi connectivity index (χ0v) is 9.07. The molecule has 17 heavy (non-hydrogen) atoms. The second-order valence-corrected chi connectivity index (χ2v) is 5.26. The largest absolute Gasteiger partial charge is 0.523 e. The van der Waals surface area contributed by atoms with E-state index in [9.17, 15) is 26.7 Å². The van der Waals surface area contributed by atoms with Gasteiger partial charge in [0.05, 0.1) is 13.2 Å². The Labute approximate surface area is 94.4 Å². The molecule has 0 saturated carbocycles. The standard InChI is InChI=1S/C7H9F3O6S/c8-7(9,10)17(12,13)16-4-2-15-5-3(11)1-14-6(4)5/h3-6,11H,1-2H2/t3-,4+,5-,6+/m1/s1. The van der Waals surface area contributed by atoms with Crippen LogP contribution in [-0.2, 0) is 23.8 Å². The quantitative estimate of drug-likeness (QED) is 0.535. The highest BCUT2D eigenvalue weighted by atomic mass is 32.2. The van der Waals surface area contributed by atoms with Crippen LogP contribution in [0.5, 0.6) is 0 Å². The third-order valence-electron chi connectivity index (χ3n) is 2.52. The van der Waals surface area contributed by atoms with Crippen LogP contribution >= 0.6 is 0 Å². The Morgan fingerprint density at radius 2 is 1.76 bits per heavy atom. The van der Waals surface area contributed by atoms with Crippen molar-refractivity contribution in [1.82, 2.24) is 0 Å². The molecule has 0 amide bonds. The molecule has 2 fully saturated rings. The molecule has 6 nitrogen and oxygen atoms in total. The highest BCUT2D eigenvalue weighted by molar-refractivity contribution is 7.87. The van der Waals surface area contributed by atoms with Crippen LogP contribution in [0.15, 0.2) is 0 Å². The molecule has 2 aliphatic heterocycles. The third kappa shape index (κ3) is 2.27. The van der Waals surface area contributed by atoms with Crippen molar-refractivity contribution in [3.8, 4) is 0 Å². The maximum atomic E-state index is 12.1. The number of halogens is 3. The lowest BCUT2D eigenvalue weighted by Crippen LogP contribution is -2.37. The molecule has 0 radical (unpaired) electrons. The summed E-state index contributed by atoms with van der Waals surface area (Å²) in [5.74, 6) is 0. The molecular formula is C7H9F3O6S. The van der Waals surface area contributed by atoms with Gasteiger partial charge in [-0.3, -0.25) is 4.18 Å². The Bertz CT molecular complexity index is 393. The molecule has 0 aromatic heterocycles. The van der Waals surface area contributed by atoms with Crippen LogP contribution in [0.2, 0.25) is 0 Å². The Kier molecular flexibility index (Phi) is 3.11. The van der Waals surface area contributed by atoms with Gasteiger partial charge in [-0.15, -0.1) is 0 Å². The fraction of sp³-hybridized carbons (Fsp3) is 1.00. The fourth-order valence-electron chi connectivity index (χ4n) is 1.74. The number of aliphatic hydroxyl groups excluding tert-OH is 1. The molecule has 0 bridgehead atoms. The van der Waals surface area contributed by atoms with E-state index >= 15 is 0 Å². The molecular weight excluding hydrogens is 269 g/mol. The molecule has 2 heterocycles. The van der Waals surface area contributed by atoms with Crippen molar-refractivity contribution < 1.29 is 40.4 Å². The second-order valence-electron chi connectivity index (χ2n) is 3.70. The lowest BCUT2D eigenvalue weighted by atomic mass is 10.1. The molecule has 10 heteroatoms. The molecule has 1 N–H and O–H groups in total. The summed E-state index contributed by atoms with van der Waals surface area (Å²) in [7, 11) is -5.68. The first-order valence-electron chi connectivity index (χ1n) is 4.63. The fourth-order valence-corrected chi connectivity index (χ4v) is 2.34. The van der Waals surface area contributed by atoms with E-state index in [0.29, 0.717) is 0 Å². The van der Waals surface area contributed by atoms with Gasteiger partial charge in [-0.05, 0) is 0 Å². The first-order valence-corrected chi connectivity index (χ1v) is 6.04. The van der Waals surface area contributed by atoms with Gasteiger partial charge in [0.1, 0.15) is 24.4 Å². The highest BCUT2D eigenvalue weighted by Crippen LogP contribution is 2.33. The van der Waals surface area contributed by atoms with Crippen LogP contribution in [0.4, 0.5) is 13.2 Å². The molecule has 0 aromatic carbocycles. The number of alkyl halides is 3. The SMILES string of the molecule is O=S(=O)(O[C@H]1CO[C@H]2[C@H]1OC[C@H]2O)C(F)(F)F. The van der Waals surface area contributed by atoms with Crippen LogP contribution in [-0.4, -0.2) is 56.7 Å². The van der Waals surface area contributed by atoms with Gasteiger partial charge < -0.3 is 14.6 Å². The lowest BCUT2D eigenvalue weighted by Gasteiger charge is -2.17. The third-order valence-corrected chi connectivity index (χ3v) is 3.58. The van der Waals surface area contributed by atoms with Crippen LogP contribution in [0.3, 0.4) is 0 Å². The molecule has 100 valence electrons. The van der Waals surface area contributed by atoms with Crippen LogP contribution < -0.4 is 0 Å². The molecule has 0 aliphatic carbocycles. The number of hydrogen-bond acceptors (Lipinski definition) is 6. The average molecular weight is 278 g/mol. The molecule has 2 aliphatic rings. The van der Waals surface area contributed by atoms with Gasteiger partial charge in [-0.1, -0.05) is 0 Å². The van der Waals surface area contributed by atoms with Crippen molar-refractivity contribution in [2.75, 3.05) is 13.2 Å². The van der Waals surface area contributed by atoms with Gasteiger partial charge in [0, 0.05) is 0 Å². The topological polar surface area (TPSA) is 82.1 Å². The summed E-state index contributed by atoms with van der Waals surface area (Å²) in [6, 6.07) is 0. The van der Waals surface area contributed by atoms with Crippen molar-refractivity contribution in [2.45, 2.75) is 29.9 Å². The van der Waals surface area contributed by atoms with Gasteiger partial charge in [0.15, 0.2) is 0 Å². The van der Waals surface area contributed by atoms with E-state index in [1.807, 2.05) is 0 Å². The Morgan fingerprint density at radius 3 is 2.35 bits per heavy atom. The van der Waals surface area contributed by atoms with Crippen molar-refractivity contribution >= 4 is 10.1 Å². The molecule has 0 spiro atoms. The minimum atomic E-state index is -5.68. The van der Waals surface area contributed by atoms with E-state index in [0.717, 1.165) is 0 Å². The van der Waals surface area contributed by atoms with Gasteiger partial charge in [0.2, 0.25) is 0 Å². The van der Waals surface area contributed by atoms with E-state index in [1.165, 1.54) is 0 Å². The predicted octanol–water partition coefficient (Wildman–Crippen LogP) is -0.620. The summed E-state index contributed by atoms with van der Waals surface area (Å²) < 4.78 is 71.6. The Morgan fingerprint density at radius 1 is 1.18 bits per heavy atom. The minimum absolute atomic E-state index is 0.124. The number of aliphatic hydroxyl groups is 1. The maximum Gasteiger partial charge on any atom is 0.523 e. The zero-order valence-electron chi connectivity index (χ0n) is 8.25. The van der Waals surface area contributed by atoms with Crippen LogP contribution in [0, 0.1) is 0 Å². The summed E-state index contributed by atoms with van der Waals surface area (Å²) in [5, 5.41) is 9.30. The van der Waals surface area contributed by atoms with Gasteiger partial charge in [-0.2, -0.15) is 21.6 Å². The number of fused-ring (bicyclic) bond motifs is 1. The summed E-state index contributed by atoms with van der Waals surface area (Å²) >= 11 is 0. The van der Waals surface area contributed by atoms with Crippen molar-refractivity contribution in [2.24, 2.45) is 0 Å². The number of hydrogen-bond donors (Lipinski definition) is 1. The summed E-state index contributed by atoms with van der Waals surface area (Å²) in [4.78, 5) is 0. The number of ether oxygens (including phenoxy) is 2. The second kappa shape index (κ2) is 4.05. The predicted molar refractivity (Wildman–Crippen MR) is 45.3 cm³/mol. The smallest absolute Gasteiger partial charge is 0.388 e. The zero-order chi connectivity index (χ0) is 12.8. The molecule has 2 saturated heterocycles. The van der Waals surface area contributed by atoms with E-state index in [-0.39, 0.29) is 13.2 Å². The van der Waals surface area contributed by atoms with Crippen molar-refractivity contribution in [3.05, 3.63) is 0 Å². The van der Waals surface area contributed by atoms with E-state index < -0.39 is 40.0 Å². The first kappa shape index (κ1) is 13.0. The Hall–Kier alpha value is -0.420. The molecule has 0 unspecified atom stereocenters. The monoisotopic (exact) mass is 278 g/mol. The van der Waals surface area contributed by atoms with Gasteiger partial charge in [-0.25, -0.2) is 0 Å². The van der Waals surface area contributed by atoms with E-state index in [1.54, 1.807) is 0 Å². The normalized spacial score (nSPS) is 38.4. The van der Waals surface area contributed by atoms with Gasteiger partial charge in [0.25, 0.3) is 0 Å². The minimum Gasteiger partial charge on any atom is -0.388 e. The van der Waals surface area contributed by atoms with Crippen LogP contribution in [0.1, 0.15) is 0 Å². The summed E-state index contributed by atoms with van der Waals surface area (Å²) in [5.41, 5.74) is -5.48. The van der Waals surface area contributed by atoms with E-state index in [4.69, 9.17) is 9.47 Å². The molecule has 0 aromatic rings. The molecule has 4 atom stereocenters. The first-order chi connectivity index (χ1) is 7.72. The maximum absolute atomic E-state index is 12.1. The van der Waals surface area contributed by atoms with Crippen molar-refractivity contribution in [1.29, 1.82) is 0 Å². The van der Waals surface area contributed by atoms with E-state index in [2.05, 4.69) is 4.18 Å². The van der Waals surface area contributed by atoms with Gasteiger partial charge >= 0.3 is 15.6 Å². The van der Waals surface area contributed by atoms with Crippen molar-refractivity contribution in [3.63, 3.8) is 0 Å². The highest BCUT2D eigenvalue weighted by Gasteiger charge is 2.54. The summed E-state index contributed by atoms with van der Waals surface area (Å²) in [6.45, 7) is -0.497. The summed E-state index contributed by atoms with van der Waals surface area (Å²) in [6.07, 6.45) is -4.21.